The molecule has 1 aromatic carbocycles. The SMILES string of the molecule is CC.O=C1CCC(COc2nccc3cc4c(=O)[nH]cc(C#CCO)c4cc23)N1. The molecule has 150 valence electrons. The Kier molecular flexibility index (Phi) is 6.47. The van der Waals surface area contributed by atoms with Crippen molar-refractivity contribution in [2.45, 2.75) is 32.7 Å². The summed E-state index contributed by atoms with van der Waals surface area (Å²) in [7, 11) is 0. The summed E-state index contributed by atoms with van der Waals surface area (Å²) in [5.74, 6) is 5.93. The minimum atomic E-state index is -0.267. The minimum absolute atomic E-state index is 0.0242. The first-order valence-electron chi connectivity index (χ1n) is 9.62. The highest BCUT2D eigenvalue weighted by Gasteiger charge is 2.21. The largest absolute Gasteiger partial charge is 0.475 e. The number of fused-ring (bicyclic) bond motifs is 2. The summed E-state index contributed by atoms with van der Waals surface area (Å²) in [6, 6.07) is 5.39. The molecule has 1 fully saturated rings. The van der Waals surface area contributed by atoms with Gasteiger partial charge in [-0.05, 0) is 30.0 Å². The second kappa shape index (κ2) is 9.22. The van der Waals surface area contributed by atoms with Crippen molar-refractivity contribution in [3.63, 3.8) is 0 Å². The van der Waals surface area contributed by atoms with Crippen molar-refractivity contribution in [3.8, 4) is 17.7 Å². The van der Waals surface area contributed by atoms with Gasteiger partial charge in [0.05, 0.1) is 6.04 Å². The van der Waals surface area contributed by atoms with Gasteiger partial charge in [0.2, 0.25) is 11.8 Å². The number of rotatable bonds is 3. The van der Waals surface area contributed by atoms with E-state index in [2.05, 4.69) is 27.1 Å². The van der Waals surface area contributed by atoms with E-state index in [1.807, 2.05) is 26.0 Å². The summed E-state index contributed by atoms with van der Waals surface area (Å²) in [5.41, 5.74) is 0.396. The van der Waals surface area contributed by atoms with Gasteiger partial charge in [-0.2, -0.15) is 0 Å². The van der Waals surface area contributed by atoms with Crippen molar-refractivity contribution in [3.05, 3.63) is 46.5 Å². The van der Waals surface area contributed by atoms with E-state index in [9.17, 15) is 9.59 Å². The third-order valence-corrected chi connectivity index (χ3v) is 4.56. The first-order chi connectivity index (χ1) is 14.2. The fourth-order valence-electron chi connectivity index (χ4n) is 3.23. The zero-order valence-corrected chi connectivity index (χ0v) is 16.4. The lowest BCUT2D eigenvalue weighted by atomic mass is 10.0. The Labute approximate surface area is 168 Å². The second-order valence-corrected chi connectivity index (χ2v) is 6.34. The van der Waals surface area contributed by atoms with Crippen LogP contribution in [0.3, 0.4) is 0 Å². The molecule has 4 rings (SSSR count). The molecule has 29 heavy (non-hydrogen) atoms. The molecule has 3 aromatic rings. The number of carbonyl (C=O) groups excluding carboxylic acids is 1. The third kappa shape index (κ3) is 4.39. The molecule has 1 atom stereocenters. The molecule has 7 nitrogen and oxygen atoms in total. The number of aromatic amines is 1. The normalized spacial score (nSPS) is 15.3. The van der Waals surface area contributed by atoms with Crippen LogP contribution in [0.25, 0.3) is 21.5 Å². The Bertz CT molecular complexity index is 1160. The molecule has 1 amide bonds. The summed E-state index contributed by atoms with van der Waals surface area (Å²) in [4.78, 5) is 30.5. The van der Waals surface area contributed by atoms with Crippen LogP contribution in [0.4, 0.5) is 0 Å². The lowest BCUT2D eigenvalue weighted by molar-refractivity contribution is -0.119. The van der Waals surface area contributed by atoms with Crippen LogP contribution in [0.1, 0.15) is 32.3 Å². The number of hydrogen-bond acceptors (Lipinski definition) is 5. The van der Waals surface area contributed by atoms with Crippen LogP contribution in [0, 0.1) is 11.8 Å². The number of benzene rings is 1. The fourth-order valence-corrected chi connectivity index (χ4v) is 3.23. The van der Waals surface area contributed by atoms with Crippen LogP contribution in [-0.2, 0) is 4.79 Å². The van der Waals surface area contributed by atoms with Crippen LogP contribution in [0.2, 0.25) is 0 Å². The summed E-state index contributed by atoms with van der Waals surface area (Å²) < 4.78 is 5.86. The minimum Gasteiger partial charge on any atom is -0.475 e. The van der Waals surface area contributed by atoms with Crippen molar-refractivity contribution >= 4 is 27.5 Å². The number of nitrogens with one attached hydrogen (secondary N) is 2. The molecule has 1 saturated heterocycles. The molecule has 3 N–H and O–H groups in total. The number of pyridine rings is 2. The van der Waals surface area contributed by atoms with Gasteiger partial charge in [0.1, 0.15) is 13.2 Å². The zero-order valence-electron chi connectivity index (χ0n) is 16.4. The van der Waals surface area contributed by atoms with Crippen molar-refractivity contribution in [2.75, 3.05) is 13.2 Å². The number of amides is 1. The van der Waals surface area contributed by atoms with Gasteiger partial charge < -0.3 is 20.1 Å². The highest BCUT2D eigenvalue weighted by molar-refractivity contribution is 6.01. The predicted octanol–water partition coefficient (Wildman–Crippen LogP) is 2.10. The van der Waals surface area contributed by atoms with Gasteiger partial charge in [0.15, 0.2) is 0 Å². The number of H-pyrrole nitrogens is 1. The summed E-state index contributed by atoms with van der Waals surface area (Å²) in [6.07, 6.45) is 4.41. The average Bonchev–Trinajstić information content (AvgIpc) is 3.17. The first-order valence-corrected chi connectivity index (χ1v) is 9.62. The fraction of sp³-hybridized carbons (Fsp3) is 0.318. The van der Waals surface area contributed by atoms with E-state index in [0.717, 1.165) is 17.2 Å². The Hall–Kier alpha value is -3.37. The van der Waals surface area contributed by atoms with Crippen LogP contribution >= 0.6 is 0 Å². The van der Waals surface area contributed by atoms with Gasteiger partial charge in [0, 0.05) is 40.5 Å². The van der Waals surface area contributed by atoms with E-state index in [4.69, 9.17) is 9.84 Å². The average molecular weight is 393 g/mol. The predicted molar refractivity (Wildman–Crippen MR) is 112 cm³/mol. The third-order valence-electron chi connectivity index (χ3n) is 4.56. The Morgan fingerprint density at radius 1 is 1.24 bits per heavy atom. The second-order valence-electron chi connectivity index (χ2n) is 6.34. The number of aliphatic hydroxyl groups excluding tert-OH is 1. The van der Waals surface area contributed by atoms with Crippen LogP contribution in [-0.4, -0.2) is 40.2 Å². The molecule has 0 aliphatic carbocycles. The van der Waals surface area contributed by atoms with E-state index < -0.39 is 0 Å². The molecule has 1 aliphatic rings. The standard InChI is InChI=1S/C20H17N3O4.C2H6/c24-7-1-2-13-10-22-19(26)17-8-12-5-6-21-20(16(12)9-15(13)17)27-11-14-3-4-18(25)23-14;1-2/h5-6,8-10,14,24H,3-4,7,11H2,(H,22,26)(H,23,25);1-2H3. The Morgan fingerprint density at radius 2 is 2.07 bits per heavy atom. The van der Waals surface area contributed by atoms with Gasteiger partial charge in [-0.3, -0.25) is 9.59 Å². The molecule has 0 radical (unpaired) electrons. The molecule has 0 bridgehead atoms. The van der Waals surface area contributed by atoms with Gasteiger partial charge in [0.25, 0.3) is 5.56 Å². The van der Waals surface area contributed by atoms with Gasteiger partial charge in [-0.15, -0.1) is 0 Å². The molecule has 2 aromatic heterocycles. The van der Waals surface area contributed by atoms with Crippen LogP contribution < -0.4 is 15.6 Å². The van der Waals surface area contributed by atoms with E-state index in [0.29, 0.717) is 35.2 Å². The Morgan fingerprint density at radius 3 is 2.79 bits per heavy atom. The first kappa shape index (κ1) is 20.4. The smallest absolute Gasteiger partial charge is 0.255 e. The van der Waals surface area contributed by atoms with Crippen molar-refractivity contribution < 1.29 is 14.6 Å². The molecule has 1 aliphatic heterocycles. The van der Waals surface area contributed by atoms with Gasteiger partial charge >= 0.3 is 0 Å². The van der Waals surface area contributed by atoms with Crippen molar-refractivity contribution in [2.24, 2.45) is 0 Å². The molecule has 0 spiro atoms. The molecule has 7 heteroatoms. The van der Waals surface area contributed by atoms with Crippen LogP contribution in [0.15, 0.2) is 35.4 Å². The molecular weight excluding hydrogens is 370 g/mol. The number of nitrogens with zero attached hydrogens (tertiary/aromatic N) is 1. The molecule has 0 saturated carbocycles. The van der Waals surface area contributed by atoms with Gasteiger partial charge in [-0.1, -0.05) is 25.7 Å². The number of ether oxygens (including phenoxy) is 1. The lowest BCUT2D eigenvalue weighted by Gasteiger charge is -2.13. The number of carbonyl (C=O) groups is 1. The number of aliphatic hydroxyl groups is 1. The molecular formula is C22H23N3O4. The summed E-state index contributed by atoms with van der Waals surface area (Å²) in [6.45, 7) is 4.07. The van der Waals surface area contributed by atoms with E-state index in [-0.39, 0.29) is 24.1 Å². The number of hydrogen-bond donors (Lipinski definition) is 3. The quantitative estimate of drug-likeness (QED) is 0.467. The maximum atomic E-state index is 12.2. The van der Waals surface area contributed by atoms with E-state index >= 15 is 0 Å². The lowest BCUT2D eigenvalue weighted by Crippen LogP contribution is -2.31. The maximum absolute atomic E-state index is 12.2. The summed E-state index contributed by atoms with van der Waals surface area (Å²) >= 11 is 0. The number of aromatic nitrogens is 2. The Balaban J connectivity index is 0.00000117. The zero-order chi connectivity index (χ0) is 20.8. The van der Waals surface area contributed by atoms with E-state index in [1.54, 1.807) is 12.3 Å². The van der Waals surface area contributed by atoms with Gasteiger partial charge in [-0.25, -0.2) is 4.98 Å². The highest BCUT2D eigenvalue weighted by Crippen LogP contribution is 2.28. The highest BCUT2D eigenvalue weighted by atomic mass is 16.5. The van der Waals surface area contributed by atoms with Crippen LogP contribution in [0.5, 0.6) is 5.88 Å². The summed E-state index contributed by atoms with van der Waals surface area (Å²) in [5, 5.41) is 14.6. The van der Waals surface area contributed by atoms with Crippen molar-refractivity contribution in [1.29, 1.82) is 0 Å². The topological polar surface area (TPSA) is 104 Å². The molecule has 3 heterocycles. The van der Waals surface area contributed by atoms with E-state index in [1.165, 1.54) is 6.20 Å². The monoisotopic (exact) mass is 393 g/mol. The molecule has 1 unspecified atom stereocenters. The maximum Gasteiger partial charge on any atom is 0.255 e. The van der Waals surface area contributed by atoms with Crippen molar-refractivity contribution in [1.82, 2.24) is 15.3 Å².